The molecule has 0 unspecified atom stereocenters. The third kappa shape index (κ3) is 5.43. The molecule has 1 fully saturated rings. The maximum atomic E-state index is 4.57. The first-order valence-electron chi connectivity index (χ1n) is 9.63. The van der Waals surface area contributed by atoms with Crippen LogP contribution in [0.3, 0.4) is 0 Å². The Hall–Kier alpha value is -2.14. The van der Waals surface area contributed by atoms with Gasteiger partial charge < -0.3 is 15.5 Å². The quantitative estimate of drug-likeness (QED) is 0.796. The summed E-state index contributed by atoms with van der Waals surface area (Å²) in [5.74, 6) is 2.46. The third-order valence-electron chi connectivity index (χ3n) is 5.16. The smallest absolute Gasteiger partial charge is 0.224 e. The Bertz CT molecular complexity index is 675. The topological polar surface area (TPSA) is 53.1 Å². The van der Waals surface area contributed by atoms with Crippen LogP contribution in [0.4, 0.5) is 11.8 Å². The lowest BCUT2D eigenvalue weighted by atomic mass is 9.86. The average molecular weight is 354 g/mol. The molecule has 26 heavy (non-hydrogen) atoms. The van der Waals surface area contributed by atoms with E-state index in [0.29, 0.717) is 6.04 Å². The average Bonchev–Trinajstić information content (AvgIpc) is 2.65. The highest BCUT2D eigenvalue weighted by Crippen LogP contribution is 2.25. The second-order valence-corrected chi connectivity index (χ2v) is 7.61. The predicted molar refractivity (Wildman–Crippen MR) is 109 cm³/mol. The van der Waals surface area contributed by atoms with Crippen molar-refractivity contribution in [1.82, 2.24) is 15.3 Å². The van der Waals surface area contributed by atoms with Crippen molar-refractivity contribution in [1.29, 1.82) is 0 Å². The van der Waals surface area contributed by atoms with E-state index >= 15 is 0 Å². The van der Waals surface area contributed by atoms with Crippen LogP contribution in [0.15, 0.2) is 36.5 Å². The predicted octanol–water partition coefficient (Wildman–Crippen LogP) is 3.61. The van der Waals surface area contributed by atoms with Gasteiger partial charge in [0.15, 0.2) is 0 Å². The molecular weight excluding hydrogens is 322 g/mol. The van der Waals surface area contributed by atoms with Crippen molar-refractivity contribution in [2.75, 3.05) is 30.9 Å². The molecule has 5 heteroatoms. The highest BCUT2D eigenvalue weighted by Gasteiger charge is 2.21. The van der Waals surface area contributed by atoms with Gasteiger partial charge in [0.05, 0.1) is 0 Å². The van der Waals surface area contributed by atoms with Gasteiger partial charge in [-0.2, -0.15) is 4.98 Å². The molecule has 0 aliphatic heterocycles. The fraction of sp³-hybridized carbons (Fsp3) is 0.524. The first-order chi connectivity index (χ1) is 12.6. The number of hydrogen-bond acceptors (Lipinski definition) is 5. The number of rotatable bonds is 7. The van der Waals surface area contributed by atoms with Gasteiger partial charge >= 0.3 is 0 Å². The van der Waals surface area contributed by atoms with Crippen LogP contribution >= 0.6 is 0 Å². The molecular formula is C21H31N5. The summed E-state index contributed by atoms with van der Waals surface area (Å²) in [6.45, 7) is 4.20. The van der Waals surface area contributed by atoms with Crippen LogP contribution in [0.1, 0.15) is 36.8 Å². The summed E-state index contributed by atoms with van der Waals surface area (Å²) in [7, 11) is 4.00. The monoisotopic (exact) mass is 353 g/mol. The standard InChI is InChI=1S/C21H31N5/c1-16-4-6-17(7-5-16)14-22-15-18-8-10-19(11-9-18)24-21-23-13-12-20(25-21)26(2)3/h4-7,12-13,18-19,22H,8-11,14-15H2,1-3H3,(H,23,24,25)/t18-,19+. The van der Waals surface area contributed by atoms with Gasteiger partial charge in [0, 0.05) is 32.9 Å². The van der Waals surface area contributed by atoms with Crippen molar-refractivity contribution in [2.45, 2.75) is 45.2 Å². The molecule has 2 aromatic rings. The van der Waals surface area contributed by atoms with Gasteiger partial charge in [0.1, 0.15) is 5.82 Å². The van der Waals surface area contributed by atoms with Crippen molar-refractivity contribution < 1.29 is 0 Å². The summed E-state index contributed by atoms with van der Waals surface area (Å²) in [5, 5.41) is 7.14. The van der Waals surface area contributed by atoms with Gasteiger partial charge in [-0.15, -0.1) is 0 Å². The van der Waals surface area contributed by atoms with Gasteiger partial charge in [-0.3, -0.25) is 0 Å². The van der Waals surface area contributed by atoms with Crippen LogP contribution in [0.5, 0.6) is 0 Å². The normalized spacial score (nSPS) is 20.0. The Kier molecular flexibility index (Phi) is 6.45. The van der Waals surface area contributed by atoms with E-state index in [1.54, 1.807) is 0 Å². The molecule has 1 heterocycles. The maximum absolute atomic E-state index is 4.57. The van der Waals surface area contributed by atoms with Crippen LogP contribution in [0.25, 0.3) is 0 Å². The maximum Gasteiger partial charge on any atom is 0.224 e. The van der Waals surface area contributed by atoms with Crippen molar-refractivity contribution in [3.8, 4) is 0 Å². The first kappa shape index (κ1) is 18.6. The van der Waals surface area contributed by atoms with Gasteiger partial charge in [0.2, 0.25) is 5.95 Å². The first-order valence-corrected chi connectivity index (χ1v) is 9.63. The van der Waals surface area contributed by atoms with Crippen LogP contribution in [0.2, 0.25) is 0 Å². The lowest BCUT2D eigenvalue weighted by Gasteiger charge is -2.29. The fourth-order valence-corrected chi connectivity index (χ4v) is 3.49. The number of benzene rings is 1. The van der Waals surface area contributed by atoms with E-state index in [0.717, 1.165) is 30.8 Å². The van der Waals surface area contributed by atoms with E-state index in [1.807, 2.05) is 31.3 Å². The summed E-state index contributed by atoms with van der Waals surface area (Å²) < 4.78 is 0. The second-order valence-electron chi connectivity index (χ2n) is 7.61. The summed E-state index contributed by atoms with van der Waals surface area (Å²) in [6.07, 6.45) is 6.71. The molecule has 1 aliphatic rings. The number of hydrogen-bond donors (Lipinski definition) is 2. The minimum atomic E-state index is 0.487. The minimum absolute atomic E-state index is 0.487. The minimum Gasteiger partial charge on any atom is -0.363 e. The van der Waals surface area contributed by atoms with Crippen LogP contribution in [0, 0.1) is 12.8 Å². The zero-order chi connectivity index (χ0) is 18.4. The molecule has 3 rings (SSSR count). The molecule has 5 nitrogen and oxygen atoms in total. The molecule has 1 saturated carbocycles. The molecule has 0 spiro atoms. The largest absolute Gasteiger partial charge is 0.363 e. The highest BCUT2D eigenvalue weighted by atomic mass is 15.2. The Morgan fingerprint density at radius 2 is 1.77 bits per heavy atom. The van der Waals surface area contributed by atoms with E-state index in [1.165, 1.54) is 36.8 Å². The van der Waals surface area contributed by atoms with Crippen LogP contribution < -0.4 is 15.5 Å². The summed E-state index contributed by atoms with van der Waals surface area (Å²) in [5.41, 5.74) is 2.68. The van der Waals surface area contributed by atoms with Gasteiger partial charge in [-0.1, -0.05) is 29.8 Å². The molecule has 1 aromatic carbocycles. The number of nitrogens with zero attached hydrogens (tertiary/aromatic N) is 3. The van der Waals surface area contributed by atoms with Crippen molar-refractivity contribution in [3.05, 3.63) is 47.7 Å². The van der Waals surface area contributed by atoms with Crippen LogP contribution in [-0.4, -0.2) is 36.6 Å². The van der Waals surface area contributed by atoms with Gasteiger partial charge in [0.25, 0.3) is 0 Å². The molecule has 1 aliphatic carbocycles. The zero-order valence-electron chi connectivity index (χ0n) is 16.2. The molecule has 0 atom stereocenters. The lowest BCUT2D eigenvalue weighted by Crippen LogP contribution is -2.31. The lowest BCUT2D eigenvalue weighted by molar-refractivity contribution is 0.323. The molecule has 0 amide bonds. The summed E-state index contributed by atoms with van der Waals surface area (Å²) in [6, 6.07) is 11.2. The summed E-state index contributed by atoms with van der Waals surface area (Å²) >= 11 is 0. The SMILES string of the molecule is Cc1ccc(CNC[C@H]2CC[C@@H](Nc3nccc(N(C)C)n3)CC2)cc1. The second kappa shape index (κ2) is 8.99. The number of anilines is 2. The highest BCUT2D eigenvalue weighted by molar-refractivity contribution is 5.41. The van der Waals surface area contributed by atoms with E-state index in [2.05, 4.69) is 51.8 Å². The number of aryl methyl sites for hydroxylation is 1. The van der Waals surface area contributed by atoms with Crippen molar-refractivity contribution in [2.24, 2.45) is 5.92 Å². The molecule has 1 aromatic heterocycles. The molecule has 0 bridgehead atoms. The molecule has 2 N–H and O–H groups in total. The van der Waals surface area contributed by atoms with E-state index in [-0.39, 0.29) is 0 Å². The third-order valence-corrected chi connectivity index (χ3v) is 5.16. The Morgan fingerprint density at radius 3 is 2.46 bits per heavy atom. The Labute approximate surface area is 157 Å². The van der Waals surface area contributed by atoms with Gasteiger partial charge in [-0.25, -0.2) is 4.98 Å². The Morgan fingerprint density at radius 1 is 1.04 bits per heavy atom. The molecule has 0 radical (unpaired) electrons. The summed E-state index contributed by atoms with van der Waals surface area (Å²) in [4.78, 5) is 10.9. The van der Waals surface area contributed by atoms with Crippen LogP contribution in [-0.2, 0) is 6.54 Å². The van der Waals surface area contributed by atoms with E-state index in [4.69, 9.17) is 0 Å². The van der Waals surface area contributed by atoms with E-state index < -0.39 is 0 Å². The van der Waals surface area contributed by atoms with Crippen molar-refractivity contribution >= 4 is 11.8 Å². The van der Waals surface area contributed by atoms with E-state index in [9.17, 15) is 0 Å². The fourth-order valence-electron chi connectivity index (χ4n) is 3.49. The number of nitrogens with one attached hydrogen (secondary N) is 2. The molecule has 0 saturated heterocycles. The van der Waals surface area contributed by atoms with Gasteiger partial charge in [-0.05, 0) is 56.7 Å². The number of aromatic nitrogens is 2. The molecule has 140 valence electrons. The zero-order valence-corrected chi connectivity index (χ0v) is 16.2. The van der Waals surface area contributed by atoms with Crippen molar-refractivity contribution in [3.63, 3.8) is 0 Å². The Balaban J connectivity index is 1.38.